The van der Waals surface area contributed by atoms with Crippen molar-refractivity contribution in [2.45, 2.75) is 24.4 Å². The second kappa shape index (κ2) is 3.08. The lowest BCUT2D eigenvalue weighted by molar-refractivity contribution is 0.536. The Bertz CT molecular complexity index is 320. The van der Waals surface area contributed by atoms with E-state index in [2.05, 4.69) is 15.9 Å². The van der Waals surface area contributed by atoms with Crippen LogP contribution in [-0.4, -0.2) is 5.54 Å². The van der Waals surface area contributed by atoms with Crippen LogP contribution in [0.3, 0.4) is 0 Å². The van der Waals surface area contributed by atoms with Gasteiger partial charge in [-0.1, -0.05) is 28.1 Å². The third-order valence-corrected chi connectivity index (χ3v) is 3.15. The molecule has 0 aromatic heterocycles. The molecule has 0 amide bonds. The molecule has 70 valence electrons. The summed E-state index contributed by atoms with van der Waals surface area (Å²) in [6.45, 7) is 0. The number of hydrogen-bond acceptors (Lipinski definition) is 2. The molecule has 2 nitrogen and oxygen atoms in total. The first-order valence-corrected chi connectivity index (χ1v) is 5.21. The van der Waals surface area contributed by atoms with E-state index in [1.807, 2.05) is 24.3 Å². The van der Waals surface area contributed by atoms with Crippen molar-refractivity contribution in [2.75, 3.05) is 0 Å². The highest BCUT2D eigenvalue weighted by Crippen LogP contribution is 2.42. The first-order chi connectivity index (χ1) is 6.12. The number of nitrogens with two attached hydrogens (primary N) is 2. The lowest BCUT2D eigenvalue weighted by Gasteiger charge is -2.19. The minimum atomic E-state index is -0.138. The first-order valence-electron chi connectivity index (χ1n) is 4.42. The Morgan fingerprint density at radius 1 is 1.38 bits per heavy atom. The lowest BCUT2D eigenvalue weighted by atomic mass is 9.99. The Balaban J connectivity index is 2.25. The fourth-order valence-corrected chi connectivity index (χ4v) is 1.90. The predicted octanol–water partition coefficient (Wildman–Crippen LogP) is 1.94. The van der Waals surface area contributed by atoms with Gasteiger partial charge in [0.25, 0.3) is 0 Å². The van der Waals surface area contributed by atoms with Crippen LogP contribution in [0.5, 0.6) is 0 Å². The Kier molecular flexibility index (Phi) is 2.18. The minimum absolute atomic E-state index is 0.0231. The van der Waals surface area contributed by atoms with E-state index in [-0.39, 0.29) is 11.6 Å². The second-order valence-corrected chi connectivity index (χ2v) is 4.68. The smallest absolute Gasteiger partial charge is 0.0478 e. The van der Waals surface area contributed by atoms with Crippen LogP contribution >= 0.6 is 15.9 Å². The van der Waals surface area contributed by atoms with Crippen molar-refractivity contribution >= 4 is 15.9 Å². The molecule has 1 aromatic rings. The fraction of sp³-hybridized carbons (Fsp3) is 0.400. The van der Waals surface area contributed by atoms with Gasteiger partial charge >= 0.3 is 0 Å². The molecule has 0 aliphatic heterocycles. The number of halogens is 1. The van der Waals surface area contributed by atoms with Crippen molar-refractivity contribution in [3.8, 4) is 0 Å². The van der Waals surface area contributed by atoms with Crippen LogP contribution < -0.4 is 11.5 Å². The molecule has 0 spiro atoms. The maximum atomic E-state index is 6.06. The second-order valence-electron chi connectivity index (χ2n) is 3.77. The zero-order valence-corrected chi connectivity index (χ0v) is 8.92. The number of rotatable bonds is 2. The zero-order valence-electron chi connectivity index (χ0n) is 7.33. The molecule has 13 heavy (non-hydrogen) atoms. The summed E-state index contributed by atoms with van der Waals surface area (Å²) in [6, 6.07) is 8.03. The van der Waals surface area contributed by atoms with Crippen LogP contribution in [0.25, 0.3) is 0 Å². The highest BCUT2D eigenvalue weighted by molar-refractivity contribution is 9.10. The minimum Gasteiger partial charge on any atom is -0.323 e. The van der Waals surface area contributed by atoms with E-state index in [1.165, 1.54) is 0 Å². The van der Waals surface area contributed by atoms with Gasteiger partial charge < -0.3 is 11.5 Å². The largest absolute Gasteiger partial charge is 0.323 e. The van der Waals surface area contributed by atoms with E-state index in [1.54, 1.807) is 0 Å². The third kappa shape index (κ3) is 1.77. The van der Waals surface area contributed by atoms with Crippen LogP contribution in [0, 0.1) is 0 Å². The standard InChI is InChI=1S/C10H13BrN2/c11-8-3-1-2-7(6-8)9(12)10(13)4-5-10/h1-3,6,9H,4-5,12-13H2. The van der Waals surface area contributed by atoms with Gasteiger partial charge in [0.1, 0.15) is 0 Å². The average Bonchev–Trinajstić information content (AvgIpc) is 2.84. The van der Waals surface area contributed by atoms with Crippen LogP contribution in [0.2, 0.25) is 0 Å². The quantitative estimate of drug-likeness (QED) is 0.831. The van der Waals surface area contributed by atoms with Crippen LogP contribution in [0.4, 0.5) is 0 Å². The molecule has 0 bridgehead atoms. The first kappa shape index (κ1) is 9.19. The SMILES string of the molecule is NC(c1cccc(Br)c1)C1(N)CC1. The monoisotopic (exact) mass is 240 g/mol. The highest BCUT2D eigenvalue weighted by Gasteiger charge is 2.44. The van der Waals surface area contributed by atoms with Crippen molar-refractivity contribution < 1.29 is 0 Å². The number of hydrogen-bond donors (Lipinski definition) is 2. The van der Waals surface area contributed by atoms with Crippen molar-refractivity contribution in [3.05, 3.63) is 34.3 Å². The zero-order chi connectivity index (χ0) is 9.47. The predicted molar refractivity (Wildman–Crippen MR) is 57.2 cm³/mol. The van der Waals surface area contributed by atoms with Gasteiger partial charge in [0.15, 0.2) is 0 Å². The summed E-state index contributed by atoms with van der Waals surface area (Å²) in [5, 5.41) is 0. The topological polar surface area (TPSA) is 52.0 Å². The summed E-state index contributed by atoms with van der Waals surface area (Å²) in [7, 11) is 0. The summed E-state index contributed by atoms with van der Waals surface area (Å²) in [5.74, 6) is 0. The summed E-state index contributed by atoms with van der Waals surface area (Å²) in [5.41, 5.74) is 13.1. The lowest BCUT2D eigenvalue weighted by Crippen LogP contribution is -2.36. The maximum Gasteiger partial charge on any atom is 0.0478 e. The summed E-state index contributed by atoms with van der Waals surface area (Å²) in [6.07, 6.45) is 2.08. The molecule has 1 fully saturated rings. The molecular weight excluding hydrogens is 228 g/mol. The van der Waals surface area contributed by atoms with E-state index in [0.29, 0.717) is 0 Å². The molecule has 1 unspecified atom stereocenters. The number of benzene rings is 1. The molecule has 0 heterocycles. The Morgan fingerprint density at radius 2 is 2.08 bits per heavy atom. The molecular formula is C10H13BrN2. The van der Waals surface area contributed by atoms with E-state index in [9.17, 15) is 0 Å². The summed E-state index contributed by atoms with van der Waals surface area (Å²) >= 11 is 3.42. The maximum absolute atomic E-state index is 6.06. The molecule has 4 N–H and O–H groups in total. The van der Waals surface area contributed by atoms with Gasteiger partial charge in [0.2, 0.25) is 0 Å². The van der Waals surface area contributed by atoms with Crippen LogP contribution in [0.15, 0.2) is 28.7 Å². The highest BCUT2D eigenvalue weighted by atomic mass is 79.9. The van der Waals surface area contributed by atoms with Crippen molar-refractivity contribution in [2.24, 2.45) is 11.5 Å². The molecule has 0 saturated heterocycles. The fourth-order valence-electron chi connectivity index (χ4n) is 1.49. The normalized spacial score (nSPS) is 21.2. The van der Waals surface area contributed by atoms with Gasteiger partial charge in [0.05, 0.1) is 0 Å². The van der Waals surface area contributed by atoms with E-state index in [4.69, 9.17) is 11.5 Å². The van der Waals surface area contributed by atoms with Crippen molar-refractivity contribution in [1.29, 1.82) is 0 Å². The van der Waals surface area contributed by atoms with Gasteiger partial charge in [-0.3, -0.25) is 0 Å². The summed E-state index contributed by atoms with van der Waals surface area (Å²) in [4.78, 5) is 0. The molecule has 1 aromatic carbocycles. The Labute approximate surface area is 86.4 Å². The molecule has 1 aliphatic carbocycles. The van der Waals surface area contributed by atoms with Gasteiger partial charge in [-0.2, -0.15) is 0 Å². The van der Waals surface area contributed by atoms with Crippen molar-refractivity contribution in [3.63, 3.8) is 0 Å². The van der Waals surface area contributed by atoms with Gasteiger partial charge in [-0.25, -0.2) is 0 Å². The van der Waals surface area contributed by atoms with Crippen LogP contribution in [-0.2, 0) is 0 Å². The van der Waals surface area contributed by atoms with Gasteiger partial charge in [0, 0.05) is 16.1 Å². The Morgan fingerprint density at radius 3 is 2.62 bits per heavy atom. The molecule has 1 aliphatic rings. The average molecular weight is 241 g/mol. The van der Waals surface area contributed by atoms with E-state index in [0.717, 1.165) is 22.9 Å². The van der Waals surface area contributed by atoms with Gasteiger partial charge in [-0.05, 0) is 30.5 Å². The molecule has 0 radical (unpaired) electrons. The Hall–Kier alpha value is -0.380. The summed E-state index contributed by atoms with van der Waals surface area (Å²) < 4.78 is 1.06. The van der Waals surface area contributed by atoms with Crippen LogP contribution in [0.1, 0.15) is 24.4 Å². The molecule has 1 atom stereocenters. The molecule has 3 heteroatoms. The van der Waals surface area contributed by atoms with E-state index >= 15 is 0 Å². The molecule has 1 saturated carbocycles. The van der Waals surface area contributed by atoms with E-state index < -0.39 is 0 Å². The molecule has 2 rings (SSSR count). The third-order valence-electron chi connectivity index (χ3n) is 2.65. The van der Waals surface area contributed by atoms with Gasteiger partial charge in [-0.15, -0.1) is 0 Å². The van der Waals surface area contributed by atoms with Crippen molar-refractivity contribution in [1.82, 2.24) is 0 Å².